The maximum absolute atomic E-state index is 12.3. The molecule has 0 aliphatic heterocycles. The molecule has 0 radical (unpaired) electrons. The molecule has 0 atom stereocenters. The number of aryl methyl sites for hydroxylation is 1. The predicted octanol–water partition coefficient (Wildman–Crippen LogP) is 3.44. The fourth-order valence-corrected chi connectivity index (χ4v) is 1.97. The number of rotatable bonds is 4. The molecule has 0 aliphatic carbocycles. The summed E-state index contributed by atoms with van der Waals surface area (Å²) in [6.07, 6.45) is 0.958. The van der Waals surface area contributed by atoms with Crippen molar-refractivity contribution in [3.05, 3.63) is 65.2 Å². The third-order valence-electron chi connectivity index (χ3n) is 3.09. The molecule has 2 aromatic carbocycles. The quantitative estimate of drug-likeness (QED) is 0.862. The molecule has 0 unspecified atom stereocenters. The molecular weight excluding hydrogens is 250 g/mol. The van der Waals surface area contributed by atoms with Crippen molar-refractivity contribution in [3.63, 3.8) is 0 Å². The number of nitrogens with one attached hydrogen (secondary N) is 1. The summed E-state index contributed by atoms with van der Waals surface area (Å²) in [5.74, 6) is -0.138. The van der Waals surface area contributed by atoms with Gasteiger partial charge in [0.25, 0.3) is 0 Å². The Balaban J connectivity index is 2.17. The number of hydrogen-bond donors (Lipinski definition) is 1. The number of carbonyl (C=O) groups excluding carboxylic acids is 2. The highest BCUT2D eigenvalue weighted by molar-refractivity contribution is 6.09. The summed E-state index contributed by atoms with van der Waals surface area (Å²) in [7, 11) is 0. The molecule has 0 saturated carbocycles. The van der Waals surface area contributed by atoms with Crippen LogP contribution >= 0.6 is 0 Å². The van der Waals surface area contributed by atoms with E-state index in [4.69, 9.17) is 0 Å². The van der Waals surface area contributed by atoms with E-state index < -0.39 is 0 Å². The van der Waals surface area contributed by atoms with Crippen molar-refractivity contribution >= 4 is 17.4 Å². The van der Waals surface area contributed by atoms with Gasteiger partial charge in [0.2, 0.25) is 5.91 Å². The molecule has 2 rings (SSSR count). The van der Waals surface area contributed by atoms with Gasteiger partial charge in [-0.3, -0.25) is 9.59 Å². The van der Waals surface area contributed by atoms with Gasteiger partial charge in [0.15, 0.2) is 5.78 Å². The van der Waals surface area contributed by atoms with E-state index in [-0.39, 0.29) is 11.7 Å². The average Bonchev–Trinajstić information content (AvgIpc) is 2.47. The van der Waals surface area contributed by atoms with Gasteiger partial charge in [-0.25, -0.2) is 0 Å². The van der Waals surface area contributed by atoms with E-state index in [0.29, 0.717) is 16.8 Å². The molecule has 0 aliphatic rings. The van der Waals surface area contributed by atoms with Crippen molar-refractivity contribution < 1.29 is 9.59 Å². The lowest BCUT2D eigenvalue weighted by Gasteiger charge is -2.05. The highest BCUT2D eigenvalue weighted by atomic mass is 16.1. The Morgan fingerprint density at radius 2 is 1.40 bits per heavy atom. The molecule has 0 saturated heterocycles. The molecule has 3 nitrogen and oxygen atoms in total. The van der Waals surface area contributed by atoms with E-state index in [0.717, 1.165) is 6.42 Å². The van der Waals surface area contributed by atoms with E-state index in [2.05, 4.69) is 12.2 Å². The summed E-state index contributed by atoms with van der Waals surface area (Å²) in [6, 6.07) is 14.6. The van der Waals surface area contributed by atoms with Crippen molar-refractivity contribution in [1.29, 1.82) is 0 Å². The van der Waals surface area contributed by atoms with Crippen LogP contribution in [0.2, 0.25) is 0 Å². The monoisotopic (exact) mass is 267 g/mol. The van der Waals surface area contributed by atoms with Crippen LogP contribution < -0.4 is 5.32 Å². The van der Waals surface area contributed by atoms with Gasteiger partial charge in [-0.15, -0.1) is 0 Å². The maximum Gasteiger partial charge on any atom is 0.221 e. The number of anilines is 1. The second-order valence-electron chi connectivity index (χ2n) is 4.64. The summed E-state index contributed by atoms with van der Waals surface area (Å²) >= 11 is 0. The molecule has 20 heavy (non-hydrogen) atoms. The summed E-state index contributed by atoms with van der Waals surface area (Å²) in [6.45, 7) is 3.53. The van der Waals surface area contributed by atoms with Crippen molar-refractivity contribution in [3.8, 4) is 0 Å². The molecule has 1 N–H and O–H groups in total. The van der Waals surface area contributed by atoms with Gasteiger partial charge >= 0.3 is 0 Å². The number of hydrogen-bond acceptors (Lipinski definition) is 2. The third kappa shape index (κ3) is 3.32. The number of amides is 1. The SMILES string of the molecule is CCc1ccc(C(=O)c2ccc(NC(C)=O)cc2)cc1. The van der Waals surface area contributed by atoms with E-state index in [9.17, 15) is 9.59 Å². The Kier molecular flexibility index (Phi) is 4.31. The Bertz CT molecular complexity index is 612. The predicted molar refractivity (Wildman–Crippen MR) is 80.0 cm³/mol. The average molecular weight is 267 g/mol. The lowest BCUT2D eigenvalue weighted by atomic mass is 10.0. The summed E-state index contributed by atoms with van der Waals surface area (Å²) in [5.41, 5.74) is 3.19. The van der Waals surface area contributed by atoms with Crippen LogP contribution in [-0.2, 0) is 11.2 Å². The third-order valence-corrected chi connectivity index (χ3v) is 3.09. The zero-order valence-corrected chi connectivity index (χ0v) is 11.6. The van der Waals surface area contributed by atoms with Crippen LogP contribution in [0, 0.1) is 0 Å². The van der Waals surface area contributed by atoms with E-state index >= 15 is 0 Å². The van der Waals surface area contributed by atoms with Crippen molar-refractivity contribution in [2.24, 2.45) is 0 Å². The van der Waals surface area contributed by atoms with Gasteiger partial charge in [0, 0.05) is 23.7 Å². The van der Waals surface area contributed by atoms with Crippen LogP contribution in [0.1, 0.15) is 35.3 Å². The van der Waals surface area contributed by atoms with Crippen LogP contribution in [0.25, 0.3) is 0 Å². The highest BCUT2D eigenvalue weighted by Crippen LogP contribution is 2.14. The molecule has 1 amide bonds. The van der Waals surface area contributed by atoms with Crippen molar-refractivity contribution in [2.45, 2.75) is 20.3 Å². The summed E-state index contributed by atoms with van der Waals surface area (Å²) in [4.78, 5) is 23.2. The Labute approximate surface area is 118 Å². The molecule has 3 heteroatoms. The van der Waals surface area contributed by atoms with Gasteiger partial charge in [-0.2, -0.15) is 0 Å². The standard InChI is InChI=1S/C17H17NO2/c1-3-13-4-6-14(7-5-13)17(20)15-8-10-16(11-9-15)18-12(2)19/h4-11H,3H2,1-2H3,(H,18,19). The first-order valence-electron chi connectivity index (χ1n) is 6.61. The largest absolute Gasteiger partial charge is 0.326 e. The Hall–Kier alpha value is -2.42. The van der Waals surface area contributed by atoms with Crippen LogP contribution in [-0.4, -0.2) is 11.7 Å². The maximum atomic E-state index is 12.3. The van der Waals surface area contributed by atoms with Crippen LogP contribution in [0.3, 0.4) is 0 Å². The van der Waals surface area contributed by atoms with E-state index in [1.807, 2.05) is 24.3 Å². The molecule has 2 aromatic rings. The van der Waals surface area contributed by atoms with Gasteiger partial charge in [-0.05, 0) is 36.2 Å². The lowest BCUT2D eigenvalue weighted by Crippen LogP contribution is -2.06. The molecule has 102 valence electrons. The van der Waals surface area contributed by atoms with E-state index in [1.54, 1.807) is 24.3 Å². The second-order valence-corrected chi connectivity index (χ2v) is 4.64. The van der Waals surface area contributed by atoms with Gasteiger partial charge in [0.1, 0.15) is 0 Å². The summed E-state index contributed by atoms with van der Waals surface area (Å²) < 4.78 is 0. The Morgan fingerprint density at radius 3 is 1.85 bits per heavy atom. The first kappa shape index (κ1) is 14.0. The first-order chi connectivity index (χ1) is 9.60. The summed E-state index contributed by atoms with van der Waals surface area (Å²) in [5, 5.41) is 2.68. The first-order valence-corrected chi connectivity index (χ1v) is 6.61. The highest BCUT2D eigenvalue weighted by Gasteiger charge is 2.08. The minimum atomic E-state index is -0.126. The van der Waals surface area contributed by atoms with Gasteiger partial charge in [-0.1, -0.05) is 31.2 Å². The lowest BCUT2D eigenvalue weighted by molar-refractivity contribution is -0.114. The van der Waals surface area contributed by atoms with Crippen LogP contribution in [0.4, 0.5) is 5.69 Å². The van der Waals surface area contributed by atoms with Crippen LogP contribution in [0.15, 0.2) is 48.5 Å². The number of benzene rings is 2. The molecule has 0 fully saturated rings. The minimum Gasteiger partial charge on any atom is -0.326 e. The molecule has 0 heterocycles. The topological polar surface area (TPSA) is 46.2 Å². The zero-order chi connectivity index (χ0) is 14.5. The Morgan fingerprint density at radius 1 is 0.900 bits per heavy atom. The molecule has 0 bridgehead atoms. The fourth-order valence-electron chi connectivity index (χ4n) is 1.97. The van der Waals surface area contributed by atoms with Crippen molar-refractivity contribution in [1.82, 2.24) is 0 Å². The fraction of sp³-hybridized carbons (Fsp3) is 0.176. The van der Waals surface area contributed by atoms with Gasteiger partial charge < -0.3 is 5.32 Å². The smallest absolute Gasteiger partial charge is 0.221 e. The van der Waals surface area contributed by atoms with Crippen LogP contribution in [0.5, 0.6) is 0 Å². The minimum absolute atomic E-state index is 0.0120. The number of ketones is 1. The molecule has 0 spiro atoms. The normalized spacial score (nSPS) is 10.1. The number of carbonyl (C=O) groups is 2. The second kappa shape index (κ2) is 6.15. The zero-order valence-electron chi connectivity index (χ0n) is 11.6. The molecular formula is C17H17NO2. The molecule has 0 aromatic heterocycles. The van der Waals surface area contributed by atoms with Crippen molar-refractivity contribution in [2.75, 3.05) is 5.32 Å². The van der Waals surface area contributed by atoms with Gasteiger partial charge in [0.05, 0.1) is 0 Å². The van der Waals surface area contributed by atoms with E-state index in [1.165, 1.54) is 12.5 Å².